The first-order chi connectivity index (χ1) is 8.70. The van der Waals surface area contributed by atoms with Crippen molar-refractivity contribution in [3.63, 3.8) is 0 Å². The van der Waals surface area contributed by atoms with Crippen molar-refractivity contribution in [3.05, 3.63) is 29.6 Å². The summed E-state index contributed by atoms with van der Waals surface area (Å²) in [6, 6.07) is 5.29. The predicted molar refractivity (Wildman–Crippen MR) is 71.7 cm³/mol. The molecule has 1 aliphatic rings. The Morgan fingerprint density at radius 1 is 1.33 bits per heavy atom. The highest BCUT2D eigenvalue weighted by atomic mass is 19.1. The zero-order valence-corrected chi connectivity index (χ0v) is 11.3. The monoisotopic (exact) mass is 251 g/mol. The number of rotatable bonds is 5. The van der Waals surface area contributed by atoms with Gasteiger partial charge in [-0.1, -0.05) is 13.0 Å². The molecule has 1 aromatic rings. The number of methoxy groups -OCH3 is 1. The van der Waals surface area contributed by atoms with E-state index in [1.807, 2.05) is 6.07 Å². The lowest BCUT2D eigenvalue weighted by molar-refractivity contribution is 0.324. The summed E-state index contributed by atoms with van der Waals surface area (Å²) in [4.78, 5) is 2.50. The average Bonchev–Trinajstić information content (AvgIpc) is 2.89. The SMILES string of the molecule is COc1ccc(C(C)CCN2CCCC2)cc1F. The Morgan fingerprint density at radius 3 is 2.67 bits per heavy atom. The van der Waals surface area contributed by atoms with Crippen LogP contribution in [0.25, 0.3) is 0 Å². The number of halogens is 1. The van der Waals surface area contributed by atoms with E-state index in [-0.39, 0.29) is 5.82 Å². The van der Waals surface area contributed by atoms with E-state index >= 15 is 0 Å². The van der Waals surface area contributed by atoms with E-state index in [0.29, 0.717) is 11.7 Å². The third kappa shape index (κ3) is 3.22. The molecule has 2 rings (SSSR count). The molecule has 0 spiro atoms. The van der Waals surface area contributed by atoms with Crippen molar-refractivity contribution >= 4 is 0 Å². The predicted octanol–water partition coefficient (Wildman–Crippen LogP) is 3.42. The molecule has 0 aliphatic carbocycles. The first-order valence-corrected chi connectivity index (χ1v) is 6.76. The molecule has 1 saturated heterocycles. The highest BCUT2D eigenvalue weighted by molar-refractivity contribution is 5.31. The highest BCUT2D eigenvalue weighted by Gasteiger charge is 2.14. The fourth-order valence-electron chi connectivity index (χ4n) is 2.54. The first kappa shape index (κ1) is 13.3. The minimum absolute atomic E-state index is 0.261. The molecule has 2 nitrogen and oxygen atoms in total. The Balaban J connectivity index is 1.91. The van der Waals surface area contributed by atoms with Crippen molar-refractivity contribution in [1.82, 2.24) is 4.90 Å². The summed E-state index contributed by atoms with van der Waals surface area (Å²) in [6.07, 6.45) is 3.74. The Kier molecular flexibility index (Phi) is 4.59. The van der Waals surface area contributed by atoms with Gasteiger partial charge < -0.3 is 9.64 Å². The minimum Gasteiger partial charge on any atom is -0.494 e. The summed E-state index contributed by atoms with van der Waals surface area (Å²) in [6.45, 7) is 5.74. The summed E-state index contributed by atoms with van der Waals surface area (Å²) in [7, 11) is 1.49. The first-order valence-electron chi connectivity index (χ1n) is 6.76. The molecule has 0 aromatic heterocycles. The van der Waals surface area contributed by atoms with Gasteiger partial charge >= 0.3 is 0 Å². The molecule has 1 aliphatic heterocycles. The topological polar surface area (TPSA) is 12.5 Å². The Labute approximate surface area is 109 Å². The van der Waals surface area contributed by atoms with Crippen molar-refractivity contribution in [1.29, 1.82) is 0 Å². The molecule has 1 atom stereocenters. The van der Waals surface area contributed by atoms with Crippen LogP contribution in [0.15, 0.2) is 18.2 Å². The van der Waals surface area contributed by atoms with Gasteiger partial charge in [-0.2, -0.15) is 0 Å². The molecule has 3 heteroatoms. The van der Waals surface area contributed by atoms with Crippen LogP contribution >= 0.6 is 0 Å². The summed E-state index contributed by atoms with van der Waals surface area (Å²) in [5.41, 5.74) is 1.06. The van der Waals surface area contributed by atoms with Gasteiger partial charge in [-0.25, -0.2) is 4.39 Å². The van der Waals surface area contributed by atoms with Crippen LogP contribution in [0.1, 0.15) is 37.7 Å². The summed E-state index contributed by atoms with van der Waals surface area (Å²) in [5, 5.41) is 0. The van der Waals surface area contributed by atoms with E-state index in [1.165, 1.54) is 33.0 Å². The van der Waals surface area contributed by atoms with Gasteiger partial charge in [-0.15, -0.1) is 0 Å². The maximum Gasteiger partial charge on any atom is 0.165 e. The lowest BCUT2D eigenvalue weighted by Crippen LogP contribution is -2.21. The number of ether oxygens (including phenoxy) is 1. The van der Waals surface area contributed by atoms with Gasteiger partial charge in [-0.05, 0) is 62.5 Å². The largest absolute Gasteiger partial charge is 0.494 e. The molecule has 0 bridgehead atoms. The van der Waals surface area contributed by atoms with Crippen LogP contribution in [0.5, 0.6) is 5.75 Å². The van der Waals surface area contributed by atoms with Crippen molar-refractivity contribution < 1.29 is 9.13 Å². The summed E-state index contributed by atoms with van der Waals surface area (Å²) < 4.78 is 18.6. The number of likely N-dealkylation sites (tertiary alicyclic amines) is 1. The van der Waals surface area contributed by atoms with Gasteiger partial charge in [0.2, 0.25) is 0 Å². The number of hydrogen-bond acceptors (Lipinski definition) is 2. The smallest absolute Gasteiger partial charge is 0.165 e. The lowest BCUT2D eigenvalue weighted by atomic mass is 9.97. The van der Waals surface area contributed by atoms with Crippen LogP contribution in [0.2, 0.25) is 0 Å². The van der Waals surface area contributed by atoms with Gasteiger partial charge in [0.05, 0.1) is 7.11 Å². The van der Waals surface area contributed by atoms with Crippen LogP contribution in [-0.2, 0) is 0 Å². The van der Waals surface area contributed by atoms with Crippen molar-refractivity contribution in [3.8, 4) is 5.75 Å². The molecule has 1 fully saturated rings. The second-order valence-electron chi connectivity index (χ2n) is 5.13. The van der Waals surface area contributed by atoms with E-state index in [0.717, 1.165) is 18.5 Å². The van der Waals surface area contributed by atoms with Gasteiger partial charge in [0.15, 0.2) is 11.6 Å². The maximum absolute atomic E-state index is 13.6. The third-order valence-electron chi connectivity index (χ3n) is 3.82. The van der Waals surface area contributed by atoms with E-state index < -0.39 is 0 Å². The quantitative estimate of drug-likeness (QED) is 0.795. The third-order valence-corrected chi connectivity index (χ3v) is 3.82. The van der Waals surface area contributed by atoms with Crippen molar-refractivity contribution in [2.75, 3.05) is 26.7 Å². The molecular weight excluding hydrogens is 229 g/mol. The standard InChI is InChI=1S/C15H22FNO/c1-12(7-10-17-8-3-4-9-17)13-5-6-15(18-2)14(16)11-13/h5-6,11-12H,3-4,7-10H2,1-2H3. The second-order valence-corrected chi connectivity index (χ2v) is 5.13. The normalized spacial score (nSPS) is 17.9. The molecule has 1 aromatic carbocycles. The van der Waals surface area contributed by atoms with E-state index in [2.05, 4.69) is 11.8 Å². The van der Waals surface area contributed by atoms with Gasteiger partial charge in [0.25, 0.3) is 0 Å². The van der Waals surface area contributed by atoms with Crippen LogP contribution in [-0.4, -0.2) is 31.6 Å². The molecule has 1 unspecified atom stereocenters. The molecule has 0 amide bonds. The molecule has 0 N–H and O–H groups in total. The maximum atomic E-state index is 13.6. The molecule has 1 heterocycles. The van der Waals surface area contributed by atoms with Gasteiger partial charge in [0.1, 0.15) is 0 Å². The zero-order chi connectivity index (χ0) is 13.0. The Bertz CT molecular complexity index is 388. The van der Waals surface area contributed by atoms with Gasteiger partial charge in [-0.3, -0.25) is 0 Å². The minimum atomic E-state index is -0.261. The summed E-state index contributed by atoms with van der Waals surface area (Å²) in [5.74, 6) is 0.458. The molecule has 0 radical (unpaired) electrons. The van der Waals surface area contributed by atoms with Crippen molar-refractivity contribution in [2.24, 2.45) is 0 Å². The Morgan fingerprint density at radius 2 is 2.06 bits per heavy atom. The van der Waals surface area contributed by atoms with Crippen LogP contribution in [0, 0.1) is 5.82 Å². The molecule has 100 valence electrons. The van der Waals surface area contributed by atoms with Crippen LogP contribution in [0.4, 0.5) is 4.39 Å². The van der Waals surface area contributed by atoms with E-state index in [4.69, 9.17) is 4.74 Å². The summed E-state index contributed by atoms with van der Waals surface area (Å²) >= 11 is 0. The fourth-order valence-corrected chi connectivity index (χ4v) is 2.54. The van der Waals surface area contributed by atoms with E-state index in [9.17, 15) is 4.39 Å². The molecular formula is C15H22FNO. The molecule has 0 saturated carbocycles. The highest BCUT2D eigenvalue weighted by Crippen LogP contribution is 2.25. The number of nitrogens with zero attached hydrogens (tertiary/aromatic N) is 1. The zero-order valence-electron chi connectivity index (χ0n) is 11.3. The molecule has 18 heavy (non-hydrogen) atoms. The Hall–Kier alpha value is -1.09. The lowest BCUT2D eigenvalue weighted by Gasteiger charge is -2.18. The number of benzene rings is 1. The van der Waals surface area contributed by atoms with Crippen LogP contribution < -0.4 is 4.74 Å². The average molecular weight is 251 g/mol. The van der Waals surface area contributed by atoms with E-state index in [1.54, 1.807) is 12.1 Å². The van der Waals surface area contributed by atoms with Gasteiger partial charge in [0, 0.05) is 0 Å². The van der Waals surface area contributed by atoms with Crippen molar-refractivity contribution in [2.45, 2.75) is 32.1 Å². The fraction of sp³-hybridized carbons (Fsp3) is 0.600. The number of hydrogen-bond donors (Lipinski definition) is 0. The second kappa shape index (κ2) is 6.19. The van der Waals surface area contributed by atoms with Crippen LogP contribution in [0.3, 0.4) is 0 Å².